The van der Waals surface area contributed by atoms with Gasteiger partial charge in [0.15, 0.2) is 11.3 Å². The van der Waals surface area contributed by atoms with Gasteiger partial charge < -0.3 is 20.4 Å². The SMILES string of the molecule is CN(C(=O)C1CCC(NC(=O)c2cnn3cccnc23)CC1)c1ccc(F)cc1Cl.CN(C(=O)C1CCC(NC(=O)c2cnn3cccnc23)CC1)c1ccccc1. The van der Waals surface area contributed by atoms with Gasteiger partial charge in [0.25, 0.3) is 11.8 Å². The van der Waals surface area contributed by atoms with Crippen molar-refractivity contribution in [3.63, 3.8) is 0 Å². The van der Waals surface area contributed by atoms with Gasteiger partial charge in [0, 0.05) is 68.5 Å². The molecule has 0 radical (unpaired) electrons. The normalized spacial score (nSPS) is 19.1. The Morgan fingerprint density at radius 2 is 1.16 bits per heavy atom. The molecule has 8 rings (SSSR count). The molecule has 0 saturated heterocycles. The third kappa shape index (κ3) is 8.99. The molecule has 4 aromatic heterocycles. The minimum atomic E-state index is -0.442. The van der Waals surface area contributed by atoms with Crippen LogP contribution in [0.1, 0.15) is 72.1 Å². The maximum atomic E-state index is 13.3. The van der Waals surface area contributed by atoms with Gasteiger partial charge in [0.05, 0.1) is 23.1 Å². The number of anilines is 2. The molecule has 4 heterocycles. The van der Waals surface area contributed by atoms with Gasteiger partial charge in [-0.3, -0.25) is 19.2 Å². The number of rotatable bonds is 8. The van der Waals surface area contributed by atoms with Crippen molar-refractivity contribution in [3.8, 4) is 0 Å². The average Bonchev–Trinajstić information content (AvgIpc) is 3.89. The summed E-state index contributed by atoms with van der Waals surface area (Å²) >= 11 is 6.08. The molecule has 0 bridgehead atoms. The molecule has 0 aliphatic heterocycles. The number of aromatic nitrogens is 6. The van der Waals surface area contributed by atoms with E-state index in [1.165, 1.54) is 29.3 Å². The smallest absolute Gasteiger partial charge is 0.256 e. The fourth-order valence-corrected chi connectivity index (χ4v) is 7.96. The molecule has 4 amide bonds. The highest BCUT2D eigenvalue weighted by molar-refractivity contribution is 6.33. The molecule has 0 atom stereocenters. The van der Waals surface area contributed by atoms with Crippen LogP contribution in [0.5, 0.6) is 0 Å². The zero-order chi connectivity index (χ0) is 40.8. The van der Waals surface area contributed by atoms with Crippen molar-refractivity contribution in [1.82, 2.24) is 39.8 Å². The van der Waals surface area contributed by atoms with Gasteiger partial charge >= 0.3 is 0 Å². The molecule has 0 spiro atoms. The summed E-state index contributed by atoms with van der Waals surface area (Å²) in [5.74, 6) is -0.899. The summed E-state index contributed by atoms with van der Waals surface area (Å²) < 4.78 is 16.4. The van der Waals surface area contributed by atoms with Crippen LogP contribution >= 0.6 is 11.6 Å². The number of carbonyl (C=O) groups excluding carboxylic acids is 4. The van der Waals surface area contributed by atoms with Gasteiger partial charge in [-0.2, -0.15) is 10.2 Å². The number of hydrogen-bond acceptors (Lipinski definition) is 8. The first-order valence-corrected chi connectivity index (χ1v) is 19.7. The molecular formula is C42H44ClFN10O4. The fourth-order valence-electron chi connectivity index (χ4n) is 7.67. The molecule has 6 aromatic rings. The van der Waals surface area contributed by atoms with Crippen molar-refractivity contribution in [3.05, 3.63) is 120 Å². The van der Waals surface area contributed by atoms with Crippen LogP contribution in [-0.2, 0) is 9.59 Å². The molecule has 16 heteroatoms. The number of halogens is 2. The monoisotopic (exact) mass is 806 g/mol. The lowest BCUT2D eigenvalue weighted by Gasteiger charge is -2.31. The van der Waals surface area contributed by atoms with E-state index in [0.717, 1.165) is 31.4 Å². The quantitative estimate of drug-likeness (QED) is 0.185. The third-order valence-electron chi connectivity index (χ3n) is 10.9. The molecule has 2 fully saturated rings. The second-order valence-corrected chi connectivity index (χ2v) is 15.1. The van der Waals surface area contributed by atoms with Crippen LogP contribution in [-0.4, -0.2) is 79.0 Å². The minimum Gasteiger partial charge on any atom is -0.349 e. The third-order valence-corrected chi connectivity index (χ3v) is 11.2. The summed E-state index contributed by atoms with van der Waals surface area (Å²) in [5, 5.41) is 14.6. The molecule has 58 heavy (non-hydrogen) atoms. The Hall–Kier alpha value is -6.22. The predicted molar refractivity (Wildman–Crippen MR) is 217 cm³/mol. The highest BCUT2D eigenvalue weighted by Crippen LogP contribution is 2.32. The number of benzene rings is 2. The Morgan fingerprint density at radius 1 is 0.672 bits per heavy atom. The van der Waals surface area contributed by atoms with Crippen LogP contribution in [0.15, 0.2) is 97.8 Å². The second-order valence-electron chi connectivity index (χ2n) is 14.7. The van der Waals surface area contributed by atoms with Crippen molar-refractivity contribution in [1.29, 1.82) is 0 Å². The van der Waals surface area contributed by atoms with Crippen LogP contribution in [0.2, 0.25) is 5.02 Å². The van der Waals surface area contributed by atoms with E-state index >= 15 is 0 Å². The van der Waals surface area contributed by atoms with Crippen LogP contribution < -0.4 is 20.4 Å². The standard InChI is InChI=1S/C21H21ClFN5O2.C21H23N5O2/c1-27(18-8-5-14(23)11-17(18)22)21(30)13-3-6-15(7-4-13)26-20(29)16-12-25-28-10-2-9-24-19(16)28;1-25(17-6-3-2-4-7-17)21(28)15-8-10-16(11-9-15)24-20(27)18-14-23-26-13-5-12-22-19(18)26/h2,5,8-13,15H,3-4,6-7H2,1H3,(H,26,29);2-7,12-16H,8-11H2,1H3,(H,24,27). The van der Waals surface area contributed by atoms with Crippen molar-refractivity contribution < 1.29 is 23.6 Å². The highest BCUT2D eigenvalue weighted by Gasteiger charge is 2.32. The van der Waals surface area contributed by atoms with E-state index in [0.29, 0.717) is 53.8 Å². The number of para-hydroxylation sites is 1. The van der Waals surface area contributed by atoms with Crippen LogP contribution in [0.4, 0.5) is 15.8 Å². The van der Waals surface area contributed by atoms with E-state index < -0.39 is 5.82 Å². The molecule has 14 nitrogen and oxygen atoms in total. The molecule has 2 aliphatic rings. The Bertz CT molecular complexity index is 2410. The van der Waals surface area contributed by atoms with Gasteiger partial charge in [0.2, 0.25) is 11.8 Å². The first-order chi connectivity index (χ1) is 28.1. The predicted octanol–water partition coefficient (Wildman–Crippen LogP) is 6.15. The van der Waals surface area contributed by atoms with Gasteiger partial charge in [-0.05, 0) is 93.8 Å². The van der Waals surface area contributed by atoms with Crippen LogP contribution in [0, 0.1) is 17.7 Å². The highest BCUT2D eigenvalue weighted by atomic mass is 35.5. The van der Waals surface area contributed by atoms with Gasteiger partial charge in [-0.25, -0.2) is 23.4 Å². The van der Waals surface area contributed by atoms with E-state index in [9.17, 15) is 23.6 Å². The van der Waals surface area contributed by atoms with Crippen LogP contribution in [0.25, 0.3) is 11.3 Å². The number of fused-ring (bicyclic) bond motifs is 2. The first kappa shape index (κ1) is 40.0. The summed E-state index contributed by atoms with van der Waals surface area (Å²) in [6, 6.07) is 17.2. The largest absolute Gasteiger partial charge is 0.349 e. The lowest BCUT2D eigenvalue weighted by molar-refractivity contribution is -0.123. The zero-order valence-corrected chi connectivity index (χ0v) is 32.9. The first-order valence-electron chi connectivity index (χ1n) is 19.3. The topological polar surface area (TPSA) is 159 Å². The molecule has 300 valence electrons. The fraction of sp³-hybridized carbons (Fsp3) is 0.333. The van der Waals surface area contributed by atoms with Crippen molar-refractivity contribution in [2.75, 3.05) is 23.9 Å². The maximum Gasteiger partial charge on any atom is 0.256 e. The van der Waals surface area contributed by atoms with E-state index in [1.54, 1.807) is 64.1 Å². The lowest BCUT2D eigenvalue weighted by atomic mass is 9.85. The number of amides is 4. The second kappa shape index (κ2) is 17.9. The number of hydrogen-bond donors (Lipinski definition) is 2. The summed E-state index contributed by atoms with van der Waals surface area (Å²) in [7, 11) is 3.47. The Kier molecular flexibility index (Phi) is 12.4. The number of nitrogens with one attached hydrogen (secondary N) is 2. The Morgan fingerprint density at radius 3 is 1.64 bits per heavy atom. The van der Waals surface area contributed by atoms with Crippen molar-refractivity contribution >= 4 is 57.9 Å². The molecule has 0 unspecified atom stereocenters. The van der Waals surface area contributed by atoms with Crippen LogP contribution in [0.3, 0.4) is 0 Å². The van der Waals surface area contributed by atoms with E-state index in [1.807, 2.05) is 37.4 Å². The maximum absolute atomic E-state index is 13.3. The summed E-state index contributed by atoms with van der Waals surface area (Å²) in [6.07, 6.45) is 15.6. The number of carbonyl (C=O) groups is 4. The molecular weight excluding hydrogens is 763 g/mol. The number of nitrogens with zero attached hydrogens (tertiary/aromatic N) is 8. The Labute approximate surface area is 339 Å². The molecule has 2 aliphatic carbocycles. The molecule has 2 aromatic carbocycles. The van der Waals surface area contributed by atoms with E-state index in [4.69, 9.17) is 11.6 Å². The molecule has 2 N–H and O–H groups in total. The Balaban J connectivity index is 0.000000177. The van der Waals surface area contributed by atoms with Crippen molar-refractivity contribution in [2.45, 2.75) is 63.5 Å². The summed E-state index contributed by atoms with van der Waals surface area (Å²) in [4.78, 5) is 62.5. The summed E-state index contributed by atoms with van der Waals surface area (Å²) in [5.41, 5.74) is 3.36. The minimum absolute atomic E-state index is 0.00278. The average molecular weight is 807 g/mol. The van der Waals surface area contributed by atoms with Gasteiger partial charge in [-0.15, -0.1) is 0 Å². The van der Waals surface area contributed by atoms with Crippen molar-refractivity contribution in [2.24, 2.45) is 11.8 Å². The van der Waals surface area contributed by atoms with E-state index in [-0.39, 0.29) is 52.6 Å². The van der Waals surface area contributed by atoms with Gasteiger partial charge in [0.1, 0.15) is 16.9 Å². The lowest BCUT2D eigenvalue weighted by Crippen LogP contribution is -2.41. The molecule has 2 saturated carbocycles. The van der Waals surface area contributed by atoms with E-state index in [2.05, 4.69) is 30.8 Å². The summed E-state index contributed by atoms with van der Waals surface area (Å²) in [6.45, 7) is 0. The zero-order valence-electron chi connectivity index (χ0n) is 32.2. The van der Waals surface area contributed by atoms with Gasteiger partial charge in [-0.1, -0.05) is 29.8 Å².